The van der Waals surface area contributed by atoms with Gasteiger partial charge in [-0.15, -0.1) is 11.8 Å². The molecule has 0 saturated carbocycles. The van der Waals surface area contributed by atoms with Crippen molar-refractivity contribution >= 4 is 33.8 Å². The lowest BCUT2D eigenvalue weighted by molar-refractivity contribution is 1.45. The van der Waals surface area contributed by atoms with Crippen molar-refractivity contribution < 1.29 is 0 Å². The minimum Gasteiger partial charge on any atom is -0.130 e. The first-order valence-electron chi connectivity index (χ1n) is 3.27. The maximum absolute atomic E-state index is 3.24. The molecule has 0 fully saturated rings. The van der Waals surface area contributed by atoms with Crippen molar-refractivity contribution in [3.8, 4) is 0 Å². The molecule has 0 unspecified atom stereocenters. The standard InChI is InChI=1S/C9H9BrS/c1-11-9-4-2-8(3-5-9)6-7-10/h2-7H,1H3/b7-6+. The molecule has 0 N–H and O–H groups in total. The van der Waals surface area contributed by atoms with Gasteiger partial charge >= 0.3 is 0 Å². The van der Waals surface area contributed by atoms with Crippen LogP contribution in [-0.4, -0.2) is 6.26 Å². The lowest BCUT2D eigenvalue weighted by atomic mass is 10.2. The van der Waals surface area contributed by atoms with Gasteiger partial charge in [-0.05, 0) is 35.0 Å². The molecule has 58 valence electrons. The van der Waals surface area contributed by atoms with Gasteiger partial charge in [-0.25, -0.2) is 0 Å². The molecule has 11 heavy (non-hydrogen) atoms. The molecule has 0 aliphatic heterocycles. The number of rotatable bonds is 2. The Morgan fingerprint density at radius 1 is 1.27 bits per heavy atom. The third-order valence-corrected chi connectivity index (χ3v) is 2.38. The quantitative estimate of drug-likeness (QED) is 0.695. The van der Waals surface area contributed by atoms with E-state index in [1.54, 1.807) is 11.8 Å². The lowest BCUT2D eigenvalue weighted by Gasteiger charge is -1.95. The summed E-state index contributed by atoms with van der Waals surface area (Å²) >= 11 is 5.00. The molecule has 0 amide bonds. The Hall–Kier alpha value is -0.210. The average molecular weight is 229 g/mol. The zero-order valence-corrected chi connectivity index (χ0v) is 8.65. The van der Waals surface area contributed by atoms with E-state index >= 15 is 0 Å². The minimum absolute atomic E-state index is 1.22. The molecule has 0 nitrogen and oxygen atoms in total. The van der Waals surface area contributed by atoms with Crippen molar-refractivity contribution in [1.29, 1.82) is 0 Å². The first-order valence-corrected chi connectivity index (χ1v) is 5.41. The van der Waals surface area contributed by atoms with Crippen molar-refractivity contribution in [1.82, 2.24) is 0 Å². The van der Waals surface area contributed by atoms with Crippen LogP contribution in [0, 0.1) is 0 Å². The van der Waals surface area contributed by atoms with Gasteiger partial charge in [0.25, 0.3) is 0 Å². The van der Waals surface area contributed by atoms with Gasteiger partial charge in [0.05, 0.1) is 0 Å². The number of benzene rings is 1. The van der Waals surface area contributed by atoms with Crippen LogP contribution in [0.1, 0.15) is 5.56 Å². The Morgan fingerprint density at radius 2 is 1.91 bits per heavy atom. The van der Waals surface area contributed by atoms with Gasteiger partial charge < -0.3 is 0 Å². The Labute approximate surface area is 79.8 Å². The molecule has 0 aliphatic carbocycles. The number of hydrogen-bond acceptors (Lipinski definition) is 1. The van der Waals surface area contributed by atoms with Gasteiger partial charge in [-0.1, -0.05) is 28.1 Å². The van der Waals surface area contributed by atoms with Crippen LogP contribution in [0.2, 0.25) is 0 Å². The first kappa shape index (κ1) is 8.88. The second-order valence-electron chi connectivity index (χ2n) is 2.07. The molecule has 0 heterocycles. The van der Waals surface area contributed by atoms with E-state index in [4.69, 9.17) is 0 Å². The molecule has 1 aromatic rings. The summed E-state index contributed by atoms with van der Waals surface area (Å²) in [6.45, 7) is 0. The van der Waals surface area contributed by atoms with E-state index in [1.807, 2.05) is 11.1 Å². The summed E-state index contributed by atoms with van der Waals surface area (Å²) in [5, 5.41) is 0. The third kappa shape index (κ3) is 2.72. The van der Waals surface area contributed by atoms with Crippen molar-refractivity contribution in [3.63, 3.8) is 0 Å². The van der Waals surface area contributed by atoms with Gasteiger partial charge in [0.15, 0.2) is 0 Å². The topological polar surface area (TPSA) is 0 Å². The largest absolute Gasteiger partial charge is 0.130 e. The van der Waals surface area contributed by atoms with E-state index in [2.05, 4.69) is 46.5 Å². The Bertz CT molecular complexity index is 238. The summed E-state index contributed by atoms with van der Waals surface area (Å²) < 4.78 is 0. The van der Waals surface area contributed by atoms with Gasteiger partial charge in [0, 0.05) is 4.90 Å². The highest BCUT2D eigenvalue weighted by atomic mass is 79.9. The van der Waals surface area contributed by atoms with Crippen molar-refractivity contribution in [3.05, 3.63) is 34.8 Å². The Balaban J connectivity index is 2.82. The van der Waals surface area contributed by atoms with E-state index in [0.717, 1.165) is 0 Å². The van der Waals surface area contributed by atoms with Gasteiger partial charge in [-0.2, -0.15) is 0 Å². The smallest absolute Gasteiger partial charge is 0.00695 e. The molecular formula is C9H9BrS. The summed E-state index contributed by atoms with van der Waals surface area (Å²) in [5.74, 6) is 0. The molecule has 0 saturated heterocycles. The molecule has 0 atom stereocenters. The van der Waals surface area contributed by atoms with Crippen LogP contribution in [0.5, 0.6) is 0 Å². The third-order valence-electron chi connectivity index (χ3n) is 1.37. The second-order valence-corrected chi connectivity index (χ2v) is 3.47. The Kier molecular flexibility index (Phi) is 3.73. The minimum atomic E-state index is 1.22. The van der Waals surface area contributed by atoms with Gasteiger partial charge in [-0.3, -0.25) is 0 Å². The van der Waals surface area contributed by atoms with E-state index in [-0.39, 0.29) is 0 Å². The molecular weight excluding hydrogens is 220 g/mol. The predicted octanol–water partition coefficient (Wildman–Crippen LogP) is 3.77. The normalized spacial score (nSPS) is 10.7. The van der Waals surface area contributed by atoms with Crippen LogP contribution in [0.3, 0.4) is 0 Å². The van der Waals surface area contributed by atoms with Crippen LogP contribution < -0.4 is 0 Å². The van der Waals surface area contributed by atoms with Crippen LogP contribution in [0.25, 0.3) is 6.08 Å². The van der Waals surface area contributed by atoms with Crippen LogP contribution in [0.15, 0.2) is 34.1 Å². The summed E-state index contributed by atoms with van der Waals surface area (Å²) in [5.41, 5.74) is 1.22. The molecule has 2 heteroatoms. The van der Waals surface area contributed by atoms with Crippen molar-refractivity contribution in [2.24, 2.45) is 0 Å². The second kappa shape index (κ2) is 4.62. The molecule has 0 aliphatic rings. The molecule has 0 aromatic heterocycles. The monoisotopic (exact) mass is 228 g/mol. The van der Waals surface area contributed by atoms with E-state index in [1.165, 1.54) is 10.5 Å². The highest BCUT2D eigenvalue weighted by Crippen LogP contribution is 2.15. The maximum atomic E-state index is 3.24. The maximum Gasteiger partial charge on any atom is 0.00695 e. The number of hydrogen-bond donors (Lipinski definition) is 0. The van der Waals surface area contributed by atoms with E-state index in [9.17, 15) is 0 Å². The van der Waals surface area contributed by atoms with E-state index in [0.29, 0.717) is 0 Å². The Morgan fingerprint density at radius 3 is 2.36 bits per heavy atom. The number of thioether (sulfide) groups is 1. The highest BCUT2D eigenvalue weighted by molar-refractivity contribution is 9.11. The summed E-state index contributed by atoms with van der Waals surface area (Å²) in [6.07, 6.45) is 4.10. The molecule has 1 aromatic carbocycles. The fourth-order valence-electron chi connectivity index (χ4n) is 0.788. The van der Waals surface area contributed by atoms with Crippen LogP contribution in [0.4, 0.5) is 0 Å². The fraction of sp³-hybridized carbons (Fsp3) is 0.111. The first-order chi connectivity index (χ1) is 5.36. The number of halogens is 1. The van der Waals surface area contributed by atoms with Crippen molar-refractivity contribution in [2.45, 2.75) is 4.90 Å². The molecule has 1 rings (SSSR count). The van der Waals surface area contributed by atoms with Crippen LogP contribution >= 0.6 is 27.7 Å². The van der Waals surface area contributed by atoms with Gasteiger partial charge in [0.1, 0.15) is 0 Å². The van der Waals surface area contributed by atoms with E-state index < -0.39 is 0 Å². The zero-order valence-electron chi connectivity index (χ0n) is 6.25. The molecule has 0 spiro atoms. The predicted molar refractivity (Wildman–Crippen MR) is 56.2 cm³/mol. The average Bonchev–Trinajstić information content (AvgIpc) is 2.07. The lowest BCUT2D eigenvalue weighted by Crippen LogP contribution is -1.71. The van der Waals surface area contributed by atoms with Gasteiger partial charge in [0.2, 0.25) is 0 Å². The molecule has 0 bridgehead atoms. The summed E-state index contributed by atoms with van der Waals surface area (Å²) in [6, 6.07) is 8.44. The highest BCUT2D eigenvalue weighted by Gasteiger charge is 1.87. The fourth-order valence-corrected chi connectivity index (χ4v) is 1.50. The SMILES string of the molecule is CSc1ccc(/C=C/Br)cc1. The summed E-state index contributed by atoms with van der Waals surface area (Å²) in [7, 11) is 0. The van der Waals surface area contributed by atoms with Crippen LogP contribution in [-0.2, 0) is 0 Å². The molecule has 0 radical (unpaired) electrons. The zero-order chi connectivity index (χ0) is 8.10. The summed E-state index contributed by atoms with van der Waals surface area (Å²) in [4.78, 5) is 3.16. The van der Waals surface area contributed by atoms with Crippen molar-refractivity contribution in [2.75, 3.05) is 6.26 Å².